The van der Waals surface area contributed by atoms with Crippen molar-refractivity contribution < 1.29 is 4.42 Å². The lowest BCUT2D eigenvalue weighted by Gasteiger charge is -2.11. The molecular formula is C46H28N4O. The Kier molecular flexibility index (Phi) is 6.74. The molecule has 0 N–H and O–H groups in total. The molecule has 5 aromatic heterocycles. The van der Waals surface area contributed by atoms with Crippen LogP contribution in [0.4, 0.5) is 0 Å². The fourth-order valence-corrected chi connectivity index (χ4v) is 7.20. The maximum Gasteiger partial charge on any atom is 0.143 e. The molecule has 10 rings (SSSR count). The van der Waals surface area contributed by atoms with Crippen molar-refractivity contribution in [2.45, 2.75) is 0 Å². The minimum absolute atomic E-state index is 0.801. The van der Waals surface area contributed by atoms with Crippen LogP contribution in [-0.2, 0) is 0 Å². The van der Waals surface area contributed by atoms with Crippen molar-refractivity contribution in [1.29, 1.82) is 0 Å². The van der Waals surface area contributed by atoms with Crippen LogP contribution in [0.1, 0.15) is 0 Å². The summed E-state index contributed by atoms with van der Waals surface area (Å²) < 4.78 is 6.74. The molecule has 0 fully saturated rings. The molecule has 0 atom stereocenters. The molecule has 0 bridgehead atoms. The lowest BCUT2D eigenvalue weighted by molar-refractivity contribution is 0.670. The lowest BCUT2D eigenvalue weighted by atomic mass is 9.95. The number of pyridine rings is 4. The Morgan fingerprint density at radius 1 is 0.392 bits per heavy atom. The molecule has 10 aromatic rings. The molecule has 0 spiro atoms. The van der Waals surface area contributed by atoms with E-state index in [4.69, 9.17) is 14.4 Å². The number of nitrogens with zero attached hydrogens (tertiary/aromatic N) is 4. The second kappa shape index (κ2) is 11.9. The minimum Gasteiger partial charge on any atom is -0.455 e. The minimum atomic E-state index is 0.801. The van der Waals surface area contributed by atoms with Crippen LogP contribution in [0.2, 0.25) is 0 Å². The van der Waals surface area contributed by atoms with Crippen LogP contribution in [-0.4, -0.2) is 19.9 Å². The number of hydrogen-bond acceptors (Lipinski definition) is 5. The summed E-state index contributed by atoms with van der Waals surface area (Å²) in [6.07, 6.45) is 3.59. The van der Waals surface area contributed by atoms with Gasteiger partial charge >= 0.3 is 0 Å². The van der Waals surface area contributed by atoms with Gasteiger partial charge in [-0.3, -0.25) is 9.97 Å². The van der Waals surface area contributed by atoms with Gasteiger partial charge in [0.2, 0.25) is 0 Å². The molecule has 0 unspecified atom stereocenters. The zero-order chi connectivity index (χ0) is 33.7. The number of fused-ring (bicyclic) bond motifs is 7. The van der Waals surface area contributed by atoms with E-state index in [-0.39, 0.29) is 0 Å². The van der Waals surface area contributed by atoms with Gasteiger partial charge in [-0.1, -0.05) is 103 Å². The summed E-state index contributed by atoms with van der Waals surface area (Å²) in [6, 6.07) is 54.1. The average Bonchev–Trinajstić information content (AvgIpc) is 3.61. The van der Waals surface area contributed by atoms with Gasteiger partial charge in [0.25, 0.3) is 0 Å². The highest BCUT2D eigenvalue weighted by atomic mass is 16.3. The maximum absolute atomic E-state index is 6.74. The molecule has 238 valence electrons. The summed E-state index contributed by atoms with van der Waals surface area (Å²) >= 11 is 0. The zero-order valence-electron chi connectivity index (χ0n) is 27.4. The van der Waals surface area contributed by atoms with Crippen molar-refractivity contribution >= 4 is 43.6 Å². The Morgan fingerprint density at radius 3 is 1.78 bits per heavy atom. The summed E-state index contributed by atoms with van der Waals surface area (Å²) in [5, 5.41) is 5.58. The van der Waals surface area contributed by atoms with Crippen LogP contribution in [0.15, 0.2) is 175 Å². The van der Waals surface area contributed by atoms with Crippen LogP contribution in [0, 0.1) is 0 Å². The Morgan fingerprint density at radius 2 is 1.06 bits per heavy atom. The number of rotatable bonds is 5. The average molecular weight is 653 g/mol. The van der Waals surface area contributed by atoms with E-state index in [2.05, 4.69) is 125 Å². The highest BCUT2D eigenvalue weighted by Crippen LogP contribution is 2.43. The summed E-state index contributed by atoms with van der Waals surface area (Å²) in [6.45, 7) is 0. The maximum atomic E-state index is 6.74. The fourth-order valence-electron chi connectivity index (χ4n) is 7.20. The number of benzene rings is 5. The summed E-state index contributed by atoms with van der Waals surface area (Å²) in [7, 11) is 0. The van der Waals surface area contributed by atoms with Crippen LogP contribution in [0.5, 0.6) is 0 Å². The van der Waals surface area contributed by atoms with Gasteiger partial charge in [-0.15, -0.1) is 0 Å². The van der Waals surface area contributed by atoms with Crippen molar-refractivity contribution in [3.8, 4) is 56.3 Å². The van der Waals surface area contributed by atoms with Crippen molar-refractivity contribution in [3.05, 3.63) is 170 Å². The van der Waals surface area contributed by atoms with E-state index in [9.17, 15) is 0 Å². The van der Waals surface area contributed by atoms with Crippen molar-refractivity contribution in [3.63, 3.8) is 0 Å². The van der Waals surface area contributed by atoms with Gasteiger partial charge in [0, 0.05) is 50.5 Å². The second-order valence-corrected chi connectivity index (χ2v) is 12.6. The fraction of sp³-hybridized carbons (Fsp3) is 0. The summed E-state index contributed by atoms with van der Waals surface area (Å²) in [5.74, 6) is 0. The molecule has 0 amide bonds. The SMILES string of the molecule is c1ccc(-c2nc3ccccc3c3c2ccc2oc4c(-c5ccc(-c6cc(-c7ccccn7)nc(-c7ccccn7)c6)cc5)cccc4c23)cc1. The first-order valence-corrected chi connectivity index (χ1v) is 17.0. The van der Waals surface area contributed by atoms with E-state index in [0.717, 1.165) is 99.9 Å². The molecule has 0 aliphatic heterocycles. The Bertz CT molecular complexity index is 2830. The van der Waals surface area contributed by atoms with E-state index in [1.807, 2.05) is 42.5 Å². The van der Waals surface area contributed by atoms with E-state index in [1.165, 1.54) is 0 Å². The van der Waals surface area contributed by atoms with E-state index in [0.29, 0.717) is 0 Å². The second-order valence-electron chi connectivity index (χ2n) is 12.6. The third kappa shape index (κ3) is 4.94. The molecule has 0 aliphatic rings. The largest absolute Gasteiger partial charge is 0.455 e. The van der Waals surface area contributed by atoms with Gasteiger partial charge in [-0.05, 0) is 71.3 Å². The highest BCUT2D eigenvalue weighted by Gasteiger charge is 2.19. The topological polar surface area (TPSA) is 64.7 Å². The normalized spacial score (nSPS) is 11.5. The van der Waals surface area contributed by atoms with E-state index < -0.39 is 0 Å². The Labute approximate surface area is 293 Å². The number of furan rings is 1. The quantitative estimate of drug-likeness (QED) is 0.173. The van der Waals surface area contributed by atoms with Gasteiger partial charge in [0.15, 0.2) is 0 Å². The zero-order valence-corrected chi connectivity index (χ0v) is 27.4. The van der Waals surface area contributed by atoms with Gasteiger partial charge in [-0.25, -0.2) is 9.97 Å². The van der Waals surface area contributed by atoms with Gasteiger partial charge in [0.1, 0.15) is 11.2 Å². The molecule has 5 aromatic carbocycles. The summed E-state index contributed by atoms with van der Waals surface area (Å²) in [4.78, 5) is 19.2. The number of aromatic nitrogens is 4. The van der Waals surface area contributed by atoms with Crippen molar-refractivity contribution in [2.75, 3.05) is 0 Å². The molecule has 0 radical (unpaired) electrons. The van der Waals surface area contributed by atoms with Crippen LogP contribution in [0.3, 0.4) is 0 Å². The Hall–Kier alpha value is -6.98. The molecule has 51 heavy (non-hydrogen) atoms. The highest BCUT2D eigenvalue weighted by molar-refractivity contribution is 6.29. The van der Waals surface area contributed by atoms with Crippen LogP contribution in [0.25, 0.3) is 99.9 Å². The molecular weight excluding hydrogens is 625 g/mol. The molecule has 0 aliphatic carbocycles. The van der Waals surface area contributed by atoms with Crippen molar-refractivity contribution in [1.82, 2.24) is 19.9 Å². The first-order chi connectivity index (χ1) is 25.3. The summed E-state index contributed by atoms with van der Waals surface area (Å²) in [5.41, 5.74) is 12.2. The molecule has 5 heterocycles. The van der Waals surface area contributed by atoms with Gasteiger partial charge < -0.3 is 4.42 Å². The monoisotopic (exact) mass is 652 g/mol. The van der Waals surface area contributed by atoms with Gasteiger partial charge in [0.05, 0.1) is 34.0 Å². The van der Waals surface area contributed by atoms with Crippen LogP contribution >= 0.6 is 0 Å². The molecule has 5 heteroatoms. The number of hydrogen-bond donors (Lipinski definition) is 0. The predicted octanol–water partition coefficient (Wildman–Crippen LogP) is 11.8. The first-order valence-electron chi connectivity index (χ1n) is 17.0. The lowest BCUT2D eigenvalue weighted by Crippen LogP contribution is -1.93. The van der Waals surface area contributed by atoms with Crippen LogP contribution < -0.4 is 0 Å². The van der Waals surface area contributed by atoms with Crippen molar-refractivity contribution in [2.24, 2.45) is 0 Å². The predicted molar refractivity (Wildman–Crippen MR) is 207 cm³/mol. The van der Waals surface area contributed by atoms with E-state index >= 15 is 0 Å². The van der Waals surface area contributed by atoms with E-state index in [1.54, 1.807) is 12.4 Å². The third-order valence-electron chi connectivity index (χ3n) is 9.58. The smallest absolute Gasteiger partial charge is 0.143 e. The number of para-hydroxylation sites is 2. The molecule has 5 nitrogen and oxygen atoms in total. The molecule has 0 saturated heterocycles. The molecule has 0 saturated carbocycles. The standard InChI is InChI=1S/C46H28N4O/c1-2-11-31(12-3-1)45-35-23-24-42-44(43(35)34-13-4-5-16-37(34)50-45)36-15-10-14-33(46(36)51-42)30-21-19-29(20-22-30)32-27-40(38-17-6-8-25-47-38)49-41(28-32)39-18-7-9-26-48-39/h1-28H. The Balaban J connectivity index is 1.12. The third-order valence-corrected chi connectivity index (χ3v) is 9.58. The van der Waals surface area contributed by atoms with Gasteiger partial charge in [-0.2, -0.15) is 0 Å². The first kappa shape index (κ1) is 29.0.